The van der Waals surface area contributed by atoms with Crippen LogP contribution in [0.1, 0.15) is 48.6 Å². The Labute approximate surface area is 148 Å². The molecule has 0 aliphatic heterocycles. The molecular weight excluding hydrogens is 330 g/mol. The third kappa shape index (κ3) is 4.36. The van der Waals surface area contributed by atoms with Gasteiger partial charge >= 0.3 is 0 Å². The Kier molecular flexibility index (Phi) is 7.45. The summed E-state index contributed by atoms with van der Waals surface area (Å²) in [6.07, 6.45) is 0. The van der Waals surface area contributed by atoms with Gasteiger partial charge in [0.1, 0.15) is 17.9 Å². The minimum atomic E-state index is -0.167. The number of ether oxygens (including phenoxy) is 1. The fraction of sp³-hybridized carbons (Fsp3) is 0.444. The van der Waals surface area contributed by atoms with Crippen LogP contribution in [0.15, 0.2) is 22.6 Å². The molecule has 2 rings (SSSR count). The van der Waals surface area contributed by atoms with Crippen LogP contribution in [0.5, 0.6) is 5.75 Å². The van der Waals surface area contributed by atoms with Gasteiger partial charge in [-0.15, -0.1) is 12.4 Å². The minimum absolute atomic E-state index is 0. The van der Waals surface area contributed by atoms with E-state index in [1.165, 1.54) is 13.8 Å². The lowest BCUT2D eigenvalue weighted by atomic mass is 10.1. The summed E-state index contributed by atoms with van der Waals surface area (Å²) in [5, 5.41) is 0.628. The quantitative estimate of drug-likeness (QED) is 0.672. The lowest BCUT2D eigenvalue weighted by molar-refractivity contribution is 0.0986. The second kappa shape index (κ2) is 8.85. The van der Waals surface area contributed by atoms with Crippen LogP contribution in [-0.2, 0) is 0 Å². The molecule has 132 valence electrons. The number of furan rings is 1. The largest absolute Gasteiger partial charge is 0.491 e. The zero-order chi connectivity index (χ0) is 17.0. The van der Waals surface area contributed by atoms with Crippen LogP contribution in [0.25, 0.3) is 11.0 Å². The lowest BCUT2D eigenvalue weighted by Gasteiger charge is -2.18. The molecule has 0 bridgehead atoms. The molecule has 0 aliphatic carbocycles. The molecule has 1 heterocycles. The number of hydrogen-bond donors (Lipinski definition) is 0. The fourth-order valence-corrected chi connectivity index (χ4v) is 2.57. The van der Waals surface area contributed by atoms with E-state index in [2.05, 4.69) is 18.7 Å². The number of ketones is 2. The fourth-order valence-electron chi connectivity index (χ4n) is 2.57. The van der Waals surface area contributed by atoms with E-state index >= 15 is 0 Å². The molecule has 0 saturated carbocycles. The van der Waals surface area contributed by atoms with E-state index in [1.807, 2.05) is 0 Å². The van der Waals surface area contributed by atoms with Crippen molar-refractivity contribution in [3.63, 3.8) is 0 Å². The standard InChI is InChI=1S/C18H23NO4.ClH/c1-5-19(6-2)9-10-22-16-8-7-15-14(18(16)13(4)21)11-17(23-15)12(3)20;/h7-8,11H,5-6,9-10H2,1-4H3;1H. The summed E-state index contributed by atoms with van der Waals surface area (Å²) in [5.41, 5.74) is 0.995. The predicted molar refractivity (Wildman–Crippen MR) is 96.8 cm³/mol. The number of hydrogen-bond acceptors (Lipinski definition) is 5. The first kappa shape index (κ1) is 20.2. The van der Waals surface area contributed by atoms with E-state index in [-0.39, 0.29) is 29.7 Å². The zero-order valence-corrected chi connectivity index (χ0v) is 15.4. The number of Topliss-reactive ketones (excluding diaryl/α,β-unsaturated/α-hetero) is 2. The molecule has 1 aromatic carbocycles. The van der Waals surface area contributed by atoms with Crippen molar-refractivity contribution in [2.24, 2.45) is 0 Å². The number of nitrogens with zero attached hydrogens (tertiary/aromatic N) is 1. The van der Waals surface area contributed by atoms with Crippen molar-refractivity contribution in [2.45, 2.75) is 27.7 Å². The summed E-state index contributed by atoms with van der Waals surface area (Å²) in [4.78, 5) is 25.8. The Balaban J connectivity index is 0.00000288. The number of rotatable bonds is 8. The highest BCUT2D eigenvalue weighted by Gasteiger charge is 2.18. The van der Waals surface area contributed by atoms with E-state index in [0.29, 0.717) is 28.9 Å². The molecule has 0 spiro atoms. The van der Waals surface area contributed by atoms with Gasteiger partial charge in [0.15, 0.2) is 17.3 Å². The highest BCUT2D eigenvalue weighted by molar-refractivity contribution is 6.10. The Morgan fingerprint density at radius 3 is 2.33 bits per heavy atom. The number of likely N-dealkylation sites (N-methyl/N-ethyl adjacent to an activating group) is 1. The van der Waals surface area contributed by atoms with Crippen LogP contribution in [-0.4, -0.2) is 42.7 Å². The van der Waals surface area contributed by atoms with Crippen molar-refractivity contribution in [2.75, 3.05) is 26.2 Å². The van der Waals surface area contributed by atoms with Gasteiger partial charge in [-0.1, -0.05) is 13.8 Å². The first-order chi connectivity index (χ1) is 11.0. The summed E-state index contributed by atoms with van der Waals surface area (Å²) in [5.74, 6) is 0.514. The second-order valence-corrected chi connectivity index (χ2v) is 5.45. The van der Waals surface area contributed by atoms with Gasteiger partial charge in [0.2, 0.25) is 0 Å². The average molecular weight is 354 g/mol. The number of fused-ring (bicyclic) bond motifs is 1. The maximum atomic E-state index is 12.1. The van der Waals surface area contributed by atoms with Gasteiger partial charge in [-0.25, -0.2) is 0 Å². The van der Waals surface area contributed by atoms with Gasteiger partial charge < -0.3 is 14.1 Å². The van der Waals surface area contributed by atoms with Crippen molar-refractivity contribution in [1.29, 1.82) is 0 Å². The smallest absolute Gasteiger partial charge is 0.194 e. The van der Waals surface area contributed by atoms with Crippen molar-refractivity contribution in [1.82, 2.24) is 4.90 Å². The maximum Gasteiger partial charge on any atom is 0.194 e. The molecule has 0 atom stereocenters. The average Bonchev–Trinajstić information content (AvgIpc) is 2.95. The molecule has 6 heteroatoms. The summed E-state index contributed by atoms with van der Waals surface area (Å²) in [7, 11) is 0. The van der Waals surface area contributed by atoms with Crippen molar-refractivity contribution in [3.8, 4) is 5.75 Å². The zero-order valence-electron chi connectivity index (χ0n) is 14.5. The summed E-state index contributed by atoms with van der Waals surface area (Å²) in [6.45, 7) is 10.4. The number of halogens is 1. The maximum absolute atomic E-state index is 12.1. The third-order valence-corrected chi connectivity index (χ3v) is 3.92. The summed E-state index contributed by atoms with van der Waals surface area (Å²) < 4.78 is 11.3. The molecule has 0 unspecified atom stereocenters. The van der Waals surface area contributed by atoms with Crippen molar-refractivity contribution >= 4 is 34.9 Å². The molecule has 0 saturated heterocycles. The number of carbonyl (C=O) groups is 2. The number of benzene rings is 1. The highest BCUT2D eigenvalue weighted by Crippen LogP contribution is 2.31. The Hall–Kier alpha value is -1.85. The van der Waals surface area contributed by atoms with Gasteiger partial charge in [0, 0.05) is 18.9 Å². The van der Waals surface area contributed by atoms with Gasteiger partial charge in [-0.05, 0) is 38.2 Å². The molecule has 0 amide bonds. The number of carbonyl (C=O) groups excluding carboxylic acids is 2. The Bertz CT molecular complexity index is 719. The molecule has 0 N–H and O–H groups in total. The third-order valence-electron chi connectivity index (χ3n) is 3.92. The van der Waals surface area contributed by atoms with E-state index in [9.17, 15) is 9.59 Å². The minimum Gasteiger partial charge on any atom is -0.491 e. The normalized spacial score (nSPS) is 10.7. The van der Waals surface area contributed by atoms with Crippen LogP contribution in [0.2, 0.25) is 0 Å². The first-order valence-corrected chi connectivity index (χ1v) is 7.91. The molecular formula is C18H24ClNO4. The van der Waals surface area contributed by atoms with Crippen LogP contribution in [0, 0.1) is 0 Å². The predicted octanol–water partition coefficient (Wildman–Crippen LogP) is 3.98. The van der Waals surface area contributed by atoms with Gasteiger partial charge in [0.05, 0.1) is 5.56 Å². The van der Waals surface area contributed by atoms with E-state index in [1.54, 1.807) is 18.2 Å². The molecule has 0 radical (unpaired) electrons. The van der Waals surface area contributed by atoms with Gasteiger partial charge in [-0.3, -0.25) is 9.59 Å². The van der Waals surface area contributed by atoms with E-state index in [4.69, 9.17) is 9.15 Å². The molecule has 0 aliphatic rings. The lowest BCUT2D eigenvalue weighted by Crippen LogP contribution is -2.28. The summed E-state index contributed by atoms with van der Waals surface area (Å²) >= 11 is 0. The molecule has 5 nitrogen and oxygen atoms in total. The van der Waals surface area contributed by atoms with E-state index < -0.39 is 0 Å². The van der Waals surface area contributed by atoms with Crippen LogP contribution in [0.4, 0.5) is 0 Å². The Morgan fingerprint density at radius 1 is 1.12 bits per heavy atom. The van der Waals surface area contributed by atoms with Crippen LogP contribution >= 0.6 is 12.4 Å². The van der Waals surface area contributed by atoms with Gasteiger partial charge in [0.25, 0.3) is 0 Å². The SMILES string of the molecule is CCN(CC)CCOc1ccc2oc(C(C)=O)cc2c1C(C)=O.Cl. The topological polar surface area (TPSA) is 59.8 Å². The molecule has 1 aromatic heterocycles. The second-order valence-electron chi connectivity index (χ2n) is 5.45. The first-order valence-electron chi connectivity index (χ1n) is 7.91. The van der Waals surface area contributed by atoms with Gasteiger partial charge in [-0.2, -0.15) is 0 Å². The van der Waals surface area contributed by atoms with Crippen LogP contribution in [0.3, 0.4) is 0 Å². The van der Waals surface area contributed by atoms with Crippen molar-refractivity contribution in [3.05, 3.63) is 29.5 Å². The molecule has 2 aromatic rings. The summed E-state index contributed by atoms with van der Waals surface area (Å²) in [6, 6.07) is 5.08. The van der Waals surface area contributed by atoms with E-state index in [0.717, 1.165) is 19.6 Å². The Morgan fingerprint density at radius 2 is 1.79 bits per heavy atom. The molecule has 0 fully saturated rings. The van der Waals surface area contributed by atoms with Crippen molar-refractivity contribution < 1.29 is 18.7 Å². The highest BCUT2D eigenvalue weighted by atomic mass is 35.5. The molecule has 24 heavy (non-hydrogen) atoms. The monoisotopic (exact) mass is 353 g/mol. The van der Waals surface area contributed by atoms with Crippen LogP contribution < -0.4 is 4.74 Å².